The molecule has 3 nitrogen and oxygen atoms in total. The van der Waals surface area contributed by atoms with Crippen molar-refractivity contribution in [3.05, 3.63) is 41.0 Å². The van der Waals surface area contributed by atoms with Crippen LogP contribution in [0.25, 0.3) is 6.08 Å². The van der Waals surface area contributed by atoms with Gasteiger partial charge in [0.2, 0.25) is 0 Å². The molecule has 100 valence electrons. The Morgan fingerprint density at radius 3 is 2.47 bits per heavy atom. The van der Waals surface area contributed by atoms with Crippen LogP contribution in [0.4, 0.5) is 0 Å². The summed E-state index contributed by atoms with van der Waals surface area (Å²) in [5.74, 6) is -1.19. The van der Waals surface area contributed by atoms with E-state index >= 15 is 0 Å². The lowest BCUT2D eigenvalue weighted by Gasteiger charge is -2.02. The van der Waals surface area contributed by atoms with Crippen molar-refractivity contribution in [3.63, 3.8) is 0 Å². The van der Waals surface area contributed by atoms with Gasteiger partial charge < -0.3 is 5.11 Å². The molecule has 0 spiro atoms. The highest BCUT2D eigenvalue weighted by molar-refractivity contribution is 5.96. The number of carboxylic acid groups (broad SMARTS) is 1. The van der Waals surface area contributed by atoms with E-state index in [9.17, 15) is 4.79 Å². The number of nitriles is 1. The van der Waals surface area contributed by atoms with Crippen molar-refractivity contribution < 1.29 is 9.90 Å². The molecule has 1 aromatic carbocycles. The van der Waals surface area contributed by atoms with E-state index in [0.717, 1.165) is 12.0 Å². The first-order chi connectivity index (χ1) is 9.17. The molecule has 0 fully saturated rings. The topological polar surface area (TPSA) is 61.1 Å². The molecular formula is C16H19NO2. The van der Waals surface area contributed by atoms with Gasteiger partial charge >= 0.3 is 5.97 Å². The van der Waals surface area contributed by atoms with Gasteiger partial charge in [-0.1, -0.05) is 50.5 Å². The molecule has 0 aliphatic carbocycles. The summed E-state index contributed by atoms with van der Waals surface area (Å²) in [6.45, 7) is 2.19. The first kappa shape index (κ1) is 15.0. The summed E-state index contributed by atoms with van der Waals surface area (Å²) in [6.07, 6.45) is 7.37. The minimum Gasteiger partial charge on any atom is -0.477 e. The Kier molecular flexibility index (Phi) is 6.38. The number of aryl methyl sites for hydroxylation is 1. The quantitative estimate of drug-likeness (QED) is 0.459. The van der Waals surface area contributed by atoms with Crippen molar-refractivity contribution in [2.45, 2.75) is 39.0 Å². The standard InChI is InChI=1S/C16H19NO2/c1-2-3-4-5-6-13-7-9-14(10-8-13)11-15(12-17)16(18)19/h7-11H,2-6H2,1H3,(H,18,19)/b15-11+. The normalized spacial score (nSPS) is 11.1. The van der Waals surface area contributed by atoms with E-state index in [1.165, 1.54) is 37.3 Å². The van der Waals surface area contributed by atoms with E-state index < -0.39 is 5.97 Å². The molecule has 1 N–H and O–H groups in total. The minimum absolute atomic E-state index is 0.240. The molecule has 0 saturated heterocycles. The average molecular weight is 257 g/mol. The van der Waals surface area contributed by atoms with Gasteiger partial charge in [0.05, 0.1) is 0 Å². The number of hydrogen-bond donors (Lipinski definition) is 1. The van der Waals surface area contributed by atoms with E-state index in [2.05, 4.69) is 6.92 Å². The van der Waals surface area contributed by atoms with Crippen LogP contribution < -0.4 is 0 Å². The SMILES string of the molecule is CCCCCCc1ccc(/C=C(\C#N)C(=O)O)cc1. The maximum atomic E-state index is 10.7. The second-order valence-corrected chi connectivity index (χ2v) is 4.53. The summed E-state index contributed by atoms with van der Waals surface area (Å²) in [7, 11) is 0. The highest BCUT2D eigenvalue weighted by Gasteiger charge is 2.05. The zero-order valence-electron chi connectivity index (χ0n) is 11.2. The Morgan fingerprint density at radius 2 is 1.95 bits per heavy atom. The highest BCUT2D eigenvalue weighted by atomic mass is 16.4. The molecule has 0 aromatic heterocycles. The fraction of sp³-hybridized carbons (Fsp3) is 0.375. The van der Waals surface area contributed by atoms with Gasteiger partial charge in [-0.05, 0) is 30.0 Å². The van der Waals surface area contributed by atoms with Gasteiger partial charge in [0, 0.05) is 0 Å². The zero-order valence-corrected chi connectivity index (χ0v) is 11.2. The zero-order chi connectivity index (χ0) is 14.1. The summed E-state index contributed by atoms with van der Waals surface area (Å²) in [4.78, 5) is 10.7. The second kappa shape index (κ2) is 8.10. The Hall–Kier alpha value is -2.08. The van der Waals surface area contributed by atoms with Crippen molar-refractivity contribution in [1.82, 2.24) is 0 Å². The number of rotatable bonds is 7. The van der Waals surface area contributed by atoms with Gasteiger partial charge in [-0.3, -0.25) is 0 Å². The molecule has 0 saturated carbocycles. The van der Waals surface area contributed by atoms with E-state index in [4.69, 9.17) is 10.4 Å². The summed E-state index contributed by atoms with van der Waals surface area (Å²) >= 11 is 0. The van der Waals surface area contributed by atoms with Crippen molar-refractivity contribution in [3.8, 4) is 6.07 Å². The van der Waals surface area contributed by atoms with Crippen molar-refractivity contribution in [2.24, 2.45) is 0 Å². The predicted molar refractivity (Wildman–Crippen MR) is 75.5 cm³/mol. The lowest BCUT2D eigenvalue weighted by molar-refractivity contribution is -0.132. The summed E-state index contributed by atoms with van der Waals surface area (Å²) in [5.41, 5.74) is 1.76. The highest BCUT2D eigenvalue weighted by Crippen LogP contribution is 2.12. The van der Waals surface area contributed by atoms with E-state index in [-0.39, 0.29) is 5.57 Å². The first-order valence-electron chi connectivity index (χ1n) is 6.61. The van der Waals surface area contributed by atoms with Gasteiger partial charge in [-0.15, -0.1) is 0 Å². The lowest BCUT2D eigenvalue weighted by atomic mass is 10.0. The summed E-state index contributed by atoms with van der Waals surface area (Å²) in [5, 5.41) is 17.4. The third-order valence-corrected chi connectivity index (χ3v) is 2.96. The van der Waals surface area contributed by atoms with Crippen LogP contribution in [0.5, 0.6) is 0 Å². The third kappa shape index (κ3) is 5.39. The van der Waals surface area contributed by atoms with Crippen LogP contribution in [0.2, 0.25) is 0 Å². The smallest absolute Gasteiger partial charge is 0.346 e. The first-order valence-corrected chi connectivity index (χ1v) is 6.61. The molecule has 3 heteroatoms. The molecule has 0 bridgehead atoms. The number of carbonyl (C=O) groups is 1. The van der Waals surface area contributed by atoms with Gasteiger partial charge in [-0.25, -0.2) is 4.79 Å². The molecule has 1 aromatic rings. The summed E-state index contributed by atoms with van der Waals surface area (Å²) in [6, 6.07) is 9.38. The van der Waals surface area contributed by atoms with Crippen LogP contribution in [-0.4, -0.2) is 11.1 Å². The van der Waals surface area contributed by atoms with Crippen molar-refractivity contribution >= 4 is 12.0 Å². The molecule has 0 aliphatic heterocycles. The number of nitrogens with zero attached hydrogens (tertiary/aromatic N) is 1. The molecule has 0 unspecified atom stereocenters. The molecule has 0 radical (unpaired) electrons. The number of hydrogen-bond acceptors (Lipinski definition) is 2. The van der Waals surface area contributed by atoms with E-state index in [1.807, 2.05) is 24.3 Å². The monoisotopic (exact) mass is 257 g/mol. The van der Waals surface area contributed by atoms with Gasteiger partial charge in [0.15, 0.2) is 0 Å². The summed E-state index contributed by atoms with van der Waals surface area (Å²) < 4.78 is 0. The fourth-order valence-corrected chi connectivity index (χ4v) is 1.84. The second-order valence-electron chi connectivity index (χ2n) is 4.53. The number of carboxylic acids is 1. The number of unbranched alkanes of at least 4 members (excludes halogenated alkanes) is 3. The maximum Gasteiger partial charge on any atom is 0.346 e. The van der Waals surface area contributed by atoms with Crippen LogP contribution in [0.1, 0.15) is 43.7 Å². The van der Waals surface area contributed by atoms with Crippen LogP contribution in [0.3, 0.4) is 0 Å². The minimum atomic E-state index is -1.19. The van der Waals surface area contributed by atoms with Crippen LogP contribution in [0.15, 0.2) is 29.8 Å². The van der Waals surface area contributed by atoms with Gasteiger partial charge in [0.1, 0.15) is 11.6 Å². The lowest BCUT2D eigenvalue weighted by Crippen LogP contribution is -1.97. The van der Waals surface area contributed by atoms with E-state index in [1.54, 1.807) is 6.07 Å². The maximum absolute atomic E-state index is 10.7. The van der Waals surface area contributed by atoms with Crippen molar-refractivity contribution in [1.29, 1.82) is 5.26 Å². The Labute approximate surface area is 114 Å². The number of benzene rings is 1. The molecule has 0 amide bonds. The Bertz CT molecular complexity index is 480. The molecular weight excluding hydrogens is 238 g/mol. The van der Waals surface area contributed by atoms with Gasteiger partial charge in [0.25, 0.3) is 0 Å². The third-order valence-electron chi connectivity index (χ3n) is 2.96. The Balaban J connectivity index is 2.61. The molecule has 0 atom stereocenters. The van der Waals surface area contributed by atoms with E-state index in [0.29, 0.717) is 0 Å². The van der Waals surface area contributed by atoms with Crippen LogP contribution in [0, 0.1) is 11.3 Å². The van der Waals surface area contributed by atoms with Crippen LogP contribution in [-0.2, 0) is 11.2 Å². The largest absolute Gasteiger partial charge is 0.477 e. The number of aliphatic carboxylic acids is 1. The predicted octanol–water partition coefficient (Wildman–Crippen LogP) is 3.80. The average Bonchev–Trinajstić information content (AvgIpc) is 2.42. The molecule has 1 rings (SSSR count). The van der Waals surface area contributed by atoms with Crippen LogP contribution >= 0.6 is 0 Å². The Morgan fingerprint density at radius 1 is 1.26 bits per heavy atom. The molecule has 0 aliphatic rings. The van der Waals surface area contributed by atoms with Crippen molar-refractivity contribution in [2.75, 3.05) is 0 Å². The van der Waals surface area contributed by atoms with Gasteiger partial charge in [-0.2, -0.15) is 5.26 Å². The molecule has 0 heterocycles. The molecule has 19 heavy (non-hydrogen) atoms. The fourth-order valence-electron chi connectivity index (χ4n) is 1.84.